The lowest BCUT2D eigenvalue weighted by molar-refractivity contribution is -0.141. The van der Waals surface area contributed by atoms with E-state index in [1.165, 1.54) is 4.90 Å². The zero-order chi connectivity index (χ0) is 35.8. The maximum Gasteiger partial charge on any atom is 0.408 e. The molecular weight excluding hydrogens is 668 g/mol. The second kappa shape index (κ2) is 13.7. The molecule has 14 nitrogen and oxygen atoms in total. The Hall–Kier alpha value is -4.40. The summed E-state index contributed by atoms with van der Waals surface area (Å²) in [6.07, 6.45) is 6.02. The van der Waals surface area contributed by atoms with Crippen molar-refractivity contribution in [1.82, 2.24) is 20.3 Å². The van der Waals surface area contributed by atoms with Crippen LogP contribution in [0.15, 0.2) is 46.9 Å². The number of nitrogens with one attached hydrogen (secondary N) is 3. The molecule has 0 spiro atoms. The van der Waals surface area contributed by atoms with Crippen LogP contribution in [-0.4, -0.2) is 84.2 Å². The fourth-order valence-corrected chi connectivity index (χ4v) is 7.95. The molecule has 4 amide bonds. The number of fused-ring (bicyclic) bond motifs is 3. The van der Waals surface area contributed by atoms with Gasteiger partial charge in [-0.1, -0.05) is 43.2 Å². The van der Waals surface area contributed by atoms with Crippen LogP contribution in [-0.2, 0) is 33.9 Å². The van der Waals surface area contributed by atoms with Crippen molar-refractivity contribution >= 4 is 50.8 Å². The SMILES string of the molecule is CC(C)(C)OC(=O)N[C@H]1CCCCCC=C[C@@H]2C[C@@]2(C(=O)NS(=O)(=O)C2CC2)NC(=O)[C@@H]2C[C@@H](OC(=O)c3cc4ccccc4o3)CN2C1=O. The van der Waals surface area contributed by atoms with Crippen molar-refractivity contribution in [3.63, 3.8) is 0 Å². The van der Waals surface area contributed by atoms with Gasteiger partial charge >= 0.3 is 12.1 Å². The molecule has 1 saturated heterocycles. The first-order valence-corrected chi connectivity index (χ1v) is 18.7. The number of carbonyl (C=O) groups is 5. The Balaban J connectivity index is 1.27. The van der Waals surface area contributed by atoms with Crippen LogP contribution >= 0.6 is 0 Å². The largest absolute Gasteiger partial charge is 0.455 e. The number of esters is 1. The Morgan fingerprint density at radius 1 is 1.06 bits per heavy atom. The number of furan rings is 1. The van der Waals surface area contributed by atoms with Gasteiger partial charge in [-0.15, -0.1) is 0 Å². The first-order valence-electron chi connectivity index (χ1n) is 17.2. The van der Waals surface area contributed by atoms with Crippen LogP contribution < -0.4 is 15.4 Å². The molecule has 0 radical (unpaired) electrons. The summed E-state index contributed by atoms with van der Waals surface area (Å²) in [6, 6.07) is 6.34. The molecule has 2 saturated carbocycles. The second-order valence-electron chi connectivity index (χ2n) is 14.6. The summed E-state index contributed by atoms with van der Waals surface area (Å²) in [4.78, 5) is 69.3. The topological polar surface area (TPSA) is 190 Å². The Bertz CT molecular complexity index is 1780. The van der Waals surface area contributed by atoms with Crippen LogP contribution in [0.25, 0.3) is 11.0 Å². The monoisotopic (exact) mass is 712 g/mol. The van der Waals surface area contributed by atoms with Crippen LogP contribution in [0.3, 0.4) is 0 Å². The van der Waals surface area contributed by atoms with Gasteiger partial charge < -0.3 is 29.4 Å². The number of nitrogens with zero attached hydrogens (tertiary/aromatic N) is 1. The highest BCUT2D eigenvalue weighted by Crippen LogP contribution is 2.46. The van der Waals surface area contributed by atoms with E-state index in [-0.39, 0.29) is 31.6 Å². The van der Waals surface area contributed by atoms with E-state index in [1.807, 2.05) is 12.2 Å². The van der Waals surface area contributed by atoms with E-state index in [4.69, 9.17) is 13.9 Å². The van der Waals surface area contributed by atoms with Gasteiger partial charge in [-0.3, -0.25) is 19.1 Å². The van der Waals surface area contributed by atoms with Crippen LogP contribution in [0.2, 0.25) is 0 Å². The quantitative estimate of drug-likeness (QED) is 0.295. The first-order chi connectivity index (χ1) is 23.6. The van der Waals surface area contributed by atoms with Crippen molar-refractivity contribution in [1.29, 1.82) is 0 Å². The van der Waals surface area contributed by atoms with E-state index in [2.05, 4.69) is 15.4 Å². The number of alkyl carbamates (subject to hydrolysis) is 1. The van der Waals surface area contributed by atoms with Crippen LogP contribution in [0.1, 0.15) is 89.1 Å². The molecule has 3 fully saturated rings. The predicted molar refractivity (Wildman–Crippen MR) is 180 cm³/mol. The average molecular weight is 713 g/mol. The number of ether oxygens (including phenoxy) is 2. The van der Waals surface area contributed by atoms with Crippen LogP contribution in [0.4, 0.5) is 4.79 Å². The van der Waals surface area contributed by atoms with E-state index in [0.29, 0.717) is 36.7 Å². The number of para-hydroxylation sites is 1. The zero-order valence-electron chi connectivity index (χ0n) is 28.4. The Morgan fingerprint density at radius 2 is 1.82 bits per heavy atom. The van der Waals surface area contributed by atoms with Crippen molar-refractivity contribution in [2.24, 2.45) is 5.92 Å². The maximum absolute atomic E-state index is 14.3. The van der Waals surface area contributed by atoms with Gasteiger partial charge in [0.15, 0.2) is 0 Å². The summed E-state index contributed by atoms with van der Waals surface area (Å²) >= 11 is 0. The van der Waals surface area contributed by atoms with Crippen molar-refractivity contribution < 1.29 is 46.3 Å². The molecule has 2 aliphatic carbocycles. The van der Waals surface area contributed by atoms with Gasteiger partial charge in [0.05, 0.1) is 11.8 Å². The smallest absolute Gasteiger partial charge is 0.408 e. The molecule has 0 unspecified atom stereocenters. The molecule has 3 heterocycles. The van der Waals surface area contributed by atoms with Crippen molar-refractivity contribution in [3.05, 3.63) is 48.2 Å². The van der Waals surface area contributed by atoms with Gasteiger partial charge in [-0.25, -0.2) is 18.0 Å². The normalized spacial score (nSPS) is 27.6. The van der Waals surface area contributed by atoms with E-state index < -0.39 is 80.3 Å². The summed E-state index contributed by atoms with van der Waals surface area (Å²) < 4.78 is 44.5. The third-order valence-corrected chi connectivity index (χ3v) is 11.3. The van der Waals surface area contributed by atoms with E-state index in [9.17, 15) is 32.4 Å². The molecule has 0 bridgehead atoms. The van der Waals surface area contributed by atoms with E-state index >= 15 is 0 Å². The summed E-state index contributed by atoms with van der Waals surface area (Å²) in [5.74, 6) is -3.39. The van der Waals surface area contributed by atoms with Crippen molar-refractivity contribution in [2.45, 2.75) is 113 Å². The fraction of sp³-hybridized carbons (Fsp3) is 0.571. The molecule has 2 aromatic rings. The van der Waals surface area contributed by atoms with Crippen LogP contribution in [0, 0.1) is 5.92 Å². The summed E-state index contributed by atoms with van der Waals surface area (Å²) in [5.41, 5.74) is -1.88. The molecular formula is C35H44N4O10S. The number of amides is 4. The Morgan fingerprint density at radius 3 is 2.54 bits per heavy atom. The highest BCUT2D eigenvalue weighted by Gasteiger charge is 2.62. The van der Waals surface area contributed by atoms with E-state index in [1.54, 1.807) is 51.1 Å². The van der Waals surface area contributed by atoms with Crippen molar-refractivity contribution in [3.8, 4) is 0 Å². The fourth-order valence-electron chi connectivity index (χ4n) is 6.59. The minimum absolute atomic E-state index is 0.0454. The van der Waals surface area contributed by atoms with Gasteiger partial charge in [0.2, 0.25) is 27.6 Å². The third-order valence-electron chi connectivity index (χ3n) is 9.43. The lowest BCUT2D eigenvalue weighted by Gasteiger charge is -2.30. The number of hydrogen-bond donors (Lipinski definition) is 3. The summed E-state index contributed by atoms with van der Waals surface area (Å²) in [7, 11) is -3.91. The highest BCUT2D eigenvalue weighted by atomic mass is 32.2. The average Bonchev–Trinajstić information content (AvgIpc) is 3.92. The van der Waals surface area contributed by atoms with Gasteiger partial charge in [0, 0.05) is 17.7 Å². The number of sulfonamides is 1. The molecule has 270 valence electrons. The Kier molecular flexibility index (Phi) is 9.72. The molecule has 4 aliphatic rings. The molecule has 3 N–H and O–H groups in total. The third kappa shape index (κ3) is 7.98. The minimum Gasteiger partial charge on any atom is -0.455 e. The highest BCUT2D eigenvalue weighted by molar-refractivity contribution is 7.91. The van der Waals surface area contributed by atoms with Gasteiger partial charge in [0.1, 0.15) is 34.9 Å². The molecule has 2 aliphatic heterocycles. The predicted octanol–water partition coefficient (Wildman–Crippen LogP) is 3.46. The number of allylic oxidation sites excluding steroid dienone is 1. The molecule has 5 atom stereocenters. The first kappa shape index (κ1) is 35.4. The zero-order valence-corrected chi connectivity index (χ0v) is 29.3. The lowest BCUT2D eigenvalue weighted by Crippen LogP contribution is -2.58. The molecule has 1 aromatic heterocycles. The molecule has 15 heteroatoms. The van der Waals surface area contributed by atoms with Crippen molar-refractivity contribution in [2.75, 3.05) is 6.54 Å². The standard InChI is InChI=1S/C35H44N4O10S/c1-34(2,3)49-33(44)36-25-13-8-6-4-5-7-12-22-19-35(22,32(43)38-50(45,46)24-15-16-24)37-29(40)26-18-23(20-39(26)30(25)41)47-31(42)28-17-21-11-9-10-14-27(21)48-28/h7,9-12,14,17,22-26H,4-6,8,13,15-16,18-20H2,1-3H3,(H,36,44)(H,37,40)(H,38,43)/t22-,23-,25+,26+,35-/m1/s1. The van der Waals surface area contributed by atoms with Gasteiger partial charge in [0.25, 0.3) is 5.91 Å². The maximum atomic E-state index is 14.3. The minimum atomic E-state index is -3.91. The number of hydrogen-bond acceptors (Lipinski definition) is 10. The number of rotatable bonds is 6. The Labute approximate surface area is 290 Å². The molecule has 1 aromatic carbocycles. The second-order valence-corrected chi connectivity index (χ2v) is 16.6. The summed E-state index contributed by atoms with van der Waals surface area (Å²) in [5, 5.41) is 5.52. The van der Waals surface area contributed by atoms with Crippen LogP contribution in [0.5, 0.6) is 0 Å². The summed E-state index contributed by atoms with van der Waals surface area (Å²) in [6.45, 7) is 4.93. The van der Waals surface area contributed by atoms with Gasteiger partial charge in [-0.2, -0.15) is 0 Å². The van der Waals surface area contributed by atoms with E-state index in [0.717, 1.165) is 12.8 Å². The molecule has 6 rings (SSSR count). The van der Waals surface area contributed by atoms with Gasteiger partial charge in [-0.05, 0) is 71.4 Å². The number of benzene rings is 1. The molecule has 50 heavy (non-hydrogen) atoms. The number of carbonyl (C=O) groups excluding carboxylic acids is 5. The lowest BCUT2D eigenvalue weighted by atomic mass is 10.0.